The van der Waals surface area contributed by atoms with Crippen molar-refractivity contribution in [3.8, 4) is 11.3 Å². The van der Waals surface area contributed by atoms with E-state index in [2.05, 4.69) is 15.0 Å². The molecule has 2 heterocycles. The van der Waals surface area contributed by atoms with E-state index in [1.54, 1.807) is 4.68 Å². The third kappa shape index (κ3) is 5.05. The van der Waals surface area contributed by atoms with E-state index in [-0.39, 0.29) is 18.8 Å². The number of nitrogens with one attached hydrogen (secondary N) is 1. The minimum atomic E-state index is -3.55. The van der Waals surface area contributed by atoms with E-state index in [4.69, 9.17) is 5.10 Å². The Labute approximate surface area is 197 Å². The van der Waals surface area contributed by atoms with Crippen LogP contribution in [0.15, 0.2) is 91.1 Å². The van der Waals surface area contributed by atoms with Crippen LogP contribution in [0.2, 0.25) is 0 Å². The Bertz CT molecular complexity index is 1490. The second kappa shape index (κ2) is 9.58. The van der Waals surface area contributed by atoms with Gasteiger partial charge in [0.1, 0.15) is 5.52 Å². The van der Waals surface area contributed by atoms with Gasteiger partial charge in [-0.1, -0.05) is 78.0 Å². The molecule has 0 atom stereocenters. The number of hydrogen-bond donors (Lipinski definition) is 1. The highest BCUT2D eigenvalue weighted by atomic mass is 32.2. The smallest absolute Gasteiger partial charge is 0.213 e. The highest BCUT2D eigenvalue weighted by Crippen LogP contribution is 2.22. The van der Waals surface area contributed by atoms with Crippen LogP contribution in [0.1, 0.15) is 11.1 Å². The fraction of sp³-hybridized carbons (Fsp3) is 0.160. The minimum absolute atomic E-state index is 0.0980. The molecule has 2 aromatic heterocycles. The predicted molar refractivity (Wildman–Crippen MR) is 131 cm³/mol. The molecule has 34 heavy (non-hydrogen) atoms. The summed E-state index contributed by atoms with van der Waals surface area (Å²) >= 11 is 0. The van der Waals surface area contributed by atoms with Crippen molar-refractivity contribution in [2.75, 3.05) is 5.75 Å². The molecule has 5 rings (SSSR count). The third-order valence-corrected chi connectivity index (χ3v) is 6.85. The number of hydrogen-bond acceptors (Lipinski definition) is 5. The number of sulfonamides is 1. The SMILES string of the molecule is O=S(=O)(CCn1nnc2ccccc21)NCc1cn(Cc2ccccc2)nc1-c1ccccc1. The van der Waals surface area contributed by atoms with E-state index in [1.807, 2.05) is 95.8 Å². The molecule has 0 spiro atoms. The molecule has 0 unspecified atom stereocenters. The molecule has 0 radical (unpaired) electrons. The second-order valence-electron chi connectivity index (χ2n) is 7.99. The van der Waals surface area contributed by atoms with Gasteiger partial charge in [0.05, 0.1) is 30.1 Å². The van der Waals surface area contributed by atoms with E-state index in [9.17, 15) is 8.42 Å². The largest absolute Gasteiger partial charge is 0.267 e. The molecule has 0 saturated carbocycles. The average molecular weight is 473 g/mol. The van der Waals surface area contributed by atoms with Gasteiger partial charge in [-0.15, -0.1) is 5.10 Å². The molecule has 3 aromatic carbocycles. The van der Waals surface area contributed by atoms with E-state index < -0.39 is 10.0 Å². The average Bonchev–Trinajstić information content (AvgIpc) is 3.47. The van der Waals surface area contributed by atoms with Crippen molar-refractivity contribution in [3.63, 3.8) is 0 Å². The summed E-state index contributed by atoms with van der Waals surface area (Å²) in [6.45, 7) is 0.973. The van der Waals surface area contributed by atoms with Gasteiger partial charge < -0.3 is 0 Å². The van der Waals surface area contributed by atoms with E-state index in [0.717, 1.165) is 33.4 Å². The lowest BCUT2D eigenvalue weighted by Gasteiger charge is -2.07. The molecule has 0 saturated heterocycles. The van der Waals surface area contributed by atoms with E-state index in [1.165, 1.54) is 0 Å². The zero-order valence-electron chi connectivity index (χ0n) is 18.4. The third-order valence-electron chi connectivity index (χ3n) is 5.55. The fourth-order valence-corrected chi connectivity index (χ4v) is 4.76. The molecule has 0 amide bonds. The van der Waals surface area contributed by atoms with Gasteiger partial charge in [-0.25, -0.2) is 17.8 Å². The second-order valence-corrected chi connectivity index (χ2v) is 9.92. The molecule has 0 aliphatic heterocycles. The van der Waals surface area contributed by atoms with Gasteiger partial charge in [-0.3, -0.25) is 4.68 Å². The van der Waals surface area contributed by atoms with Crippen LogP contribution in [0.25, 0.3) is 22.3 Å². The Morgan fingerprint density at radius 1 is 0.853 bits per heavy atom. The molecule has 9 heteroatoms. The maximum atomic E-state index is 12.8. The molecule has 0 fully saturated rings. The number of nitrogens with zero attached hydrogens (tertiary/aromatic N) is 5. The lowest BCUT2D eigenvalue weighted by atomic mass is 10.1. The Balaban J connectivity index is 1.32. The van der Waals surface area contributed by atoms with Crippen LogP contribution in [0.5, 0.6) is 0 Å². The van der Waals surface area contributed by atoms with Crippen molar-refractivity contribution >= 4 is 21.1 Å². The van der Waals surface area contributed by atoms with Crippen LogP contribution < -0.4 is 4.72 Å². The summed E-state index contributed by atoms with van der Waals surface area (Å²) in [5.74, 6) is -0.0980. The Morgan fingerprint density at radius 3 is 2.35 bits per heavy atom. The van der Waals surface area contributed by atoms with Crippen molar-refractivity contribution < 1.29 is 8.42 Å². The molecule has 1 N–H and O–H groups in total. The van der Waals surface area contributed by atoms with E-state index >= 15 is 0 Å². The first-order chi connectivity index (χ1) is 16.6. The maximum Gasteiger partial charge on any atom is 0.213 e. The van der Waals surface area contributed by atoms with Crippen LogP contribution in [0.4, 0.5) is 0 Å². The van der Waals surface area contributed by atoms with Crippen LogP contribution >= 0.6 is 0 Å². The Morgan fingerprint density at radius 2 is 1.56 bits per heavy atom. The van der Waals surface area contributed by atoms with Crippen LogP contribution in [0, 0.1) is 0 Å². The lowest BCUT2D eigenvalue weighted by Crippen LogP contribution is -2.28. The van der Waals surface area contributed by atoms with Gasteiger partial charge in [0.25, 0.3) is 0 Å². The normalized spacial score (nSPS) is 11.8. The zero-order valence-corrected chi connectivity index (χ0v) is 19.3. The first kappa shape index (κ1) is 22.0. The number of fused-ring (bicyclic) bond motifs is 1. The summed E-state index contributed by atoms with van der Waals surface area (Å²) < 4.78 is 31.8. The number of para-hydroxylation sites is 1. The van der Waals surface area contributed by atoms with Gasteiger partial charge in [-0.05, 0) is 17.7 Å². The molecule has 0 aliphatic carbocycles. The number of aromatic nitrogens is 5. The summed E-state index contributed by atoms with van der Waals surface area (Å²) in [5, 5.41) is 12.9. The van der Waals surface area contributed by atoms with Gasteiger partial charge in [0.15, 0.2) is 0 Å². The van der Waals surface area contributed by atoms with Crippen molar-refractivity contribution in [3.05, 3.63) is 102 Å². The van der Waals surface area contributed by atoms with E-state index in [0.29, 0.717) is 6.54 Å². The van der Waals surface area contributed by atoms with Gasteiger partial charge in [0.2, 0.25) is 10.0 Å². The van der Waals surface area contributed by atoms with Gasteiger partial charge >= 0.3 is 0 Å². The fourth-order valence-electron chi connectivity index (χ4n) is 3.83. The molecule has 0 bridgehead atoms. The lowest BCUT2D eigenvalue weighted by molar-refractivity contribution is 0.566. The monoisotopic (exact) mass is 472 g/mol. The summed E-state index contributed by atoms with van der Waals surface area (Å²) in [6.07, 6.45) is 1.91. The Kier molecular flexibility index (Phi) is 6.20. The molecular formula is C25H24N6O2S. The highest BCUT2D eigenvalue weighted by molar-refractivity contribution is 7.89. The first-order valence-electron chi connectivity index (χ1n) is 11.0. The summed E-state index contributed by atoms with van der Waals surface area (Å²) in [4.78, 5) is 0. The summed E-state index contributed by atoms with van der Waals surface area (Å²) in [6, 6.07) is 27.3. The van der Waals surface area contributed by atoms with Gasteiger partial charge in [0, 0.05) is 23.9 Å². The quantitative estimate of drug-likeness (QED) is 0.355. The van der Waals surface area contributed by atoms with Crippen LogP contribution in [-0.2, 0) is 29.7 Å². The van der Waals surface area contributed by atoms with Crippen LogP contribution in [-0.4, -0.2) is 38.9 Å². The molecular weight excluding hydrogens is 448 g/mol. The minimum Gasteiger partial charge on any atom is -0.267 e. The Hall–Kier alpha value is -3.82. The molecule has 172 valence electrons. The summed E-state index contributed by atoms with van der Waals surface area (Å²) in [7, 11) is -3.55. The molecule has 8 nitrogen and oxygen atoms in total. The van der Waals surface area contributed by atoms with Crippen molar-refractivity contribution in [2.45, 2.75) is 19.6 Å². The van der Waals surface area contributed by atoms with Crippen molar-refractivity contribution in [1.82, 2.24) is 29.5 Å². The molecule has 5 aromatic rings. The molecule has 0 aliphatic rings. The van der Waals surface area contributed by atoms with Crippen LogP contribution in [0.3, 0.4) is 0 Å². The van der Waals surface area contributed by atoms with Crippen molar-refractivity contribution in [2.24, 2.45) is 0 Å². The van der Waals surface area contributed by atoms with Gasteiger partial charge in [-0.2, -0.15) is 5.10 Å². The highest BCUT2D eigenvalue weighted by Gasteiger charge is 2.16. The maximum absolute atomic E-state index is 12.8. The van der Waals surface area contributed by atoms with Crippen molar-refractivity contribution in [1.29, 1.82) is 0 Å². The summed E-state index contributed by atoms with van der Waals surface area (Å²) in [5.41, 5.74) is 5.20. The number of aryl methyl sites for hydroxylation is 1. The number of benzene rings is 3. The standard InChI is InChI=1S/C25H24N6O2S/c32-34(33,16-15-31-24-14-8-7-13-23(24)27-29-31)26-17-22-19-30(18-20-9-3-1-4-10-20)28-25(22)21-11-5-2-6-12-21/h1-14,19,26H,15-18H2. The topological polar surface area (TPSA) is 94.7 Å². The predicted octanol–water partition coefficient (Wildman–Crippen LogP) is 3.46. The number of rotatable bonds is 9. The first-order valence-corrected chi connectivity index (χ1v) is 12.6. The zero-order chi connectivity index (χ0) is 23.4.